The fourth-order valence-electron chi connectivity index (χ4n) is 6.51. The van der Waals surface area contributed by atoms with Gasteiger partial charge in [0.1, 0.15) is 11.2 Å². The van der Waals surface area contributed by atoms with Gasteiger partial charge in [0.25, 0.3) is 0 Å². The highest BCUT2D eigenvalue weighted by atomic mass is 32.1. The van der Waals surface area contributed by atoms with Crippen LogP contribution in [0.15, 0.2) is 168 Å². The molecular formula is C42H27NOS. The van der Waals surface area contributed by atoms with Gasteiger partial charge in [0.2, 0.25) is 0 Å². The number of rotatable bonds is 5. The van der Waals surface area contributed by atoms with E-state index in [1.807, 2.05) is 23.5 Å². The number of fused-ring (bicyclic) bond motifs is 6. The van der Waals surface area contributed by atoms with Crippen LogP contribution in [-0.4, -0.2) is 0 Å². The molecular weight excluding hydrogens is 567 g/mol. The van der Waals surface area contributed by atoms with Crippen LogP contribution in [-0.2, 0) is 0 Å². The first-order valence-electron chi connectivity index (χ1n) is 15.2. The molecule has 0 saturated carbocycles. The van der Waals surface area contributed by atoms with E-state index in [-0.39, 0.29) is 0 Å². The van der Waals surface area contributed by atoms with Gasteiger partial charge in [-0.15, -0.1) is 11.3 Å². The Labute approximate surface area is 265 Å². The molecule has 2 nitrogen and oxygen atoms in total. The Bertz CT molecular complexity index is 2430. The number of nitrogens with zero attached hydrogens (tertiary/aromatic N) is 1. The molecule has 0 unspecified atom stereocenters. The van der Waals surface area contributed by atoms with Gasteiger partial charge in [-0.1, -0.05) is 91.0 Å². The highest BCUT2D eigenvalue weighted by molar-refractivity contribution is 7.26. The largest absolute Gasteiger partial charge is 0.456 e. The summed E-state index contributed by atoms with van der Waals surface area (Å²) >= 11 is 1.87. The van der Waals surface area contributed by atoms with Gasteiger partial charge in [-0.3, -0.25) is 0 Å². The number of para-hydroxylation sites is 3. The number of benzene rings is 7. The number of hydrogen-bond donors (Lipinski definition) is 0. The third-order valence-electron chi connectivity index (χ3n) is 8.65. The molecule has 7 aromatic carbocycles. The lowest BCUT2D eigenvalue weighted by Crippen LogP contribution is -2.09. The maximum Gasteiger partial charge on any atom is 0.135 e. The van der Waals surface area contributed by atoms with Crippen LogP contribution in [0.2, 0.25) is 0 Å². The van der Waals surface area contributed by atoms with Crippen LogP contribution in [0.3, 0.4) is 0 Å². The summed E-state index contributed by atoms with van der Waals surface area (Å²) in [6, 6.07) is 58.4. The topological polar surface area (TPSA) is 16.4 Å². The van der Waals surface area contributed by atoms with Gasteiger partial charge >= 0.3 is 0 Å². The van der Waals surface area contributed by atoms with Crippen molar-refractivity contribution in [1.82, 2.24) is 0 Å². The van der Waals surface area contributed by atoms with E-state index in [4.69, 9.17) is 4.42 Å². The molecule has 2 aromatic heterocycles. The Morgan fingerprint density at radius 3 is 1.73 bits per heavy atom. The molecule has 0 radical (unpaired) electrons. The lowest BCUT2D eigenvalue weighted by atomic mass is 9.95. The van der Waals surface area contributed by atoms with E-state index in [0.29, 0.717) is 0 Å². The molecule has 9 rings (SSSR count). The first-order chi connectivity index (χ1) is 22.3. The summed E-state index contributed by atoms with van der Waals surface area (Å²) in [6.07, 6.45) is 0. The Hall–Kier alpha value is -5.64. The molecule has 0 aliphatic rings. The highest BCUT2D eigenvalue weighted by Crippen LogP contribution is 2.44. The van der Waals surface area contributed by atoms with Crippen molar-refractivity contribution in [3.8, 4) is 22.3 Å². The highest BCUT2D eigenvalue weighted by Gasteiger charge is 2.17. The predicted octanol–water partition coefficient (Wildman–Crippen LogP) is 12.8. The van der Waals surface area contributed by atoms with E-state index >= 15 is 0 Å². The maximum atomic E-state index is 6.16. The van der Waals surface area contributed by atoms with Gasteiger partial charge in [0, 0.05) is 53.6 Å². The van der Waals surface area contributed by atoms with Gasteiger partial charge in [-0.25, -0.2) is 0 Å². The third kappa shape index (κ3) is 4.40. The zero-order chi connectivity index (χ0) is 29.7. The van der Waals surface area contributed by atoms with Gasteiger partial charge in [0.05, 0.1) is 0 Å². The average Bonchev–Trinajstić information content (AvgIpc) is 3.67. The van der Waals surface area contributed by atoms with Crippen LogP contribution in [0, 0.1) is 0 Å². The van der Waals surface area contributed by atoms with E-state index < -0.39 is 0 Å². The van der Waals surface area contributed by atoms with Gasteiger partial charge in [-0.05, 0) is 89.5 Å². The molecule has 0 fully saturated rings. The van der Waals surface area contributed by atoms with Crippen LogP contribution in [0.4, 0.5) is 17.1 Å². The number of thiophene rings is 1. The fourth-order valence-corrected chi connectivity index (χ4v) is 7.73. The van der Waals surface area contributed by atoms with Crippen molar-refractivity contribution in [3.63, 3.8) is 0 Å². The Balaban J connectivity index is 1.21. The van der Waals surface area contributed by atoms with E-state index in [2.05, 4.69) is 157 Å². The van der Waals surface area contributed by atoms with Crippen molar-refractivity contribution >= 4 is 70.5 Å². The Morgan fingerprint density at radius 1 is 0.400 bits per heavy atom. The van der Waals surface area contributed by atoms with Crippen LogP contribution in [0.5, 0.6) is 0 Å². The molecule has 0 aliphatic heterocycles. The Morgan fingerprint density at radius 2 is 0.978 bits per heavy atom. The summed E-state index contributed by atoms with van der Waals surface area (Å²) in [5.74, 6) is 0. The van der Waals surface area contributed by atoms with E-state index in [1.54, 1.807) is 0 Å². The molecule has 3 heteroatoms. The zero-order valence-corrected chi connectivity index (χ0v) is 25.2. The second kappa shape index (κ2) is 10.5. The average molecular weight is 594 g/mol. The fraction of sp³-hybridized carbons (Fsp3) is 0. The quantitative estimate of drug-likeness (QED) is 0.197. The maximum absolute atomic E-state index is 6.16. The number of furan rings is 1. The van der Waals surface area contributed by atoms with Crippen molar-refractivity contribution in [2.75, 3.05) is 4.90 Å². The first-order valence-corrected chi connectivity index (χ1v) is 16.0. The first kappa shape index (κ1) is 25.8. The molecule has 0 spiro atoms. The molecule has 0 bridgehead atoms. The lowest BCUT2D eigenvalue weighted by Gasteiger charge is -2.25. The standard InChI is InChI=1S/C42H27NOS/c1-3-11-31(12-4-1)43(32-13-5-2-6-14-32)33-22-19-28(20-23-33)30-26-36(42-38(27-30)35-16-8-10-18-41(35)45-42)29-21-24-40-37(25-29)34-15-7-9-17-39(34)44-40/h1-27H. The minimum absolute atomic E-state index is 0.917. The van der Waals surface area contributed by atoms with Gasteiger partial charge in [-0.2, -0.15) is 0 Å². The zero-order valence-electron chi connectivity index (χ0n) is 24.4. The molecule has 0 N–H and O–H groups in total. The van der Waals surface area contributed by atoms with Crippen LogP contribution in [0.25, 0.3) is 64.4 Å². The molecule has 45 heavy (non-hydrogen) atoms. The Kier molecular flexibility index (Phi) is 6.03. The molecule has 0 saturated heterocycles. The molecule has 0 aliphatic carbocycles. The van der Waals surface area contributed by atoms with Crippen LogP contribution >= 0.6 is 11.3 Å². The van der Waals surface area contributed by atoms with Crippen molar-refractivity contribution in [2.24, 2.45) is 0 Å². The number of hydrogen-bond acceptors (Lipinski definition) is 3. The van der Waals surface area contributed by atoms with Crippen molar-refractivity contribution in [3.05, 3.63) is 164 Å². The molecule has 0 atom stereocenters. The predicted molar refractivity (Wildman–Crippen MR) is 192 cm³/mol. The van der Waals surface area contributed by atoms with Gasteiger partial charge < -0.3 is 9.32 Å². The summed E-state index contributed by atoms with van der Waals surface area (Å²) in [6.45, 7) is 0. The lowest BCUT2D eigenvalue weighted by molar-refractivity contribution is 0.669. The summed E-state index contributed by atoms with van der Waals surface area (Å²) in [5.41, 5.74) is 10.1. The van der Waals surface area contributed by atoms with Crippen LogP contribution in [0.1, 0.15) is 0 Å². The molecule has 212 valence electrons. The molecule has 2 heterocycles. The minimum atomic E-state index is 0.917. The van der Waals surface area contributed by atoms with Gasteiger partial charge in [0.15, 0.2) is 0 Å². The summed E-state index contributed by atoms with van der Waals surface area (Å²) in [4.78, 5) is 2.30. The molecule has 0 amide bonds. The molecule has 9 aromatic rings. The minimum Gasteiger partial charge on any atom is -0.456 e. The van der Waals surface area contributed by atoms with E-state index in [9.17, 15) is 0 Å². The van der Waals surface area contributed by atoms with Crippen molar-refractivity contribution in [1.29, 1.82) is 0 Å². The summed E-state index contributed by atoms with van der Waals surface area (Å²) in [5, 5.41) is 4.88. The summed E-state index contributed by atoms with van der Waals surface area (Å²) in [7, 11) is 0. The van der Waals surface area contributed by atoms with Crippen molar-refractivity contribution in [2.45, 2.75) is 0 Å². The third-order valence-corrected chi connectivity index (χ3v) is 9.87. The monoisotopic (exact) mass is 593 g/mol. The van der Waals surface area contributed by atoms with E-state index in [1.165, 1.54) is 42.4 Å². The van der Waals surface area contributed by atoms with Crippen LogP contribution < -0.4 is 4.90 Å². The summed E-state index contributed by atoms with van der Waals surface area (Å²) < 4.78 is 8.78. The van der Waals surface area contributed by atoms with E-state index in [0.717, 1.165) is 39.0 Å². The second-order valence-corrected chi connectivity index (χ2v) is 12.4. The second-order valence-electron chi connectivity index (χ2n) is 11.4. The SMILES string of the molecule is c1ccc(N(c2ccccc2)c2ccc(-c3cc(-c4ccc5oc6ccccc6c5c4)c4sc5ccccc5c4c3)cc2)cc1. The normalized spacial score (nSPS) is 11.6. The van der Waals surface area contributed by atoms with Crippen molar-refractivity contribution < 1.29 is 4.42 Å². The smallest absolute Gasteiger partial charge is 0.135 e. The number of anilines is 3.